The summed E-state index contributed by atoms with van der Waals surface area (Å²) < 4.78 is 26.7. The fourth-order valence-electron chi connectivity index (χ4n) is 1.92. The van der Waals surface area contributed by atoms with E-state index in [-0.39, 0.29) is 11.8 Å². The summed E-state index contributed by atoms with van der Waals surface area (Å²) in [7, 11) is -3.27. The van der Waals surface area contributed by atoms with Crippen molar-refractivity contribution in [3.8, 4) is 0 Å². The Hall–Kier alpha value is -0.580. The van der Waals surface area contributed by atoms with Gasteiger partial charge in [-0.1, -0.05) is 44.2 Å². The molecule has 1 atom stereocenters. The highest BCUT2D eigenvalue weighted by Gasteiger charge is 2.18. The fraction of sp³-hybridized carbons (Fsp3) is 0.571. The van der Waals surface area contributed by atoms with Gasteiger partial charge in [-0.15, -0.1) is 11.6 Å². The van der Waals surface area contributed by atoms with E-state index in [1.54, 1.807) is 0 Å². The quantitative estimate of drug-likeness (QED) is 0.751. The molecule has 1 N–H and O–H groups in total. The largest absolute Gasteiger partial charge is 0.212 e. The molecule has 0 saturated heterocycles. The summed E-state index contributed by atoms with van der Waals surface area (Å²) >= 11 is 5.81. The van der Waals surface area contributed by atoms with Gasteiger partial charge >= 0.3 is 0 Å². The number of sulfonamides is 1. The molecule has 3 nitrogen and oxygen atoms in total. The number of nitrogens with one attached hydrogen (secondary N) is 1. The SMILES string of the molecule is CC(C)CC(CCl)NS(=O)(=O)CCc1ccccc1. The van der Waals surface area contributed by atoms with Gasteiger partial charge in [0.2, 0.25) is 10.0 Å². The Morgan fingerprint density at radius 1 is 1.21 bits per heavy atom. The molecule has 0 aliphatic carbocycles. The molecule has 5 heteroatoms. The molecular formula is C14H22ClNO2S. The second kappa shape index (κ2) is 7.88. The summed E-state index contributed by atoms with van der Waals surface area (Å²) in [5.41, 5.74) is 1.03. The van der Waals surface area contributed by atoms with Gasteiger partial charge in [0.1, 0.15) is 0 Å². The molecule has 0 heterocycles. The predicted octanol–water partition coefficient (Wildman–Crippen LogP) is 2.80. The van der Waals surface area contributed by atoms with Crippen LogP contribution >= 0.6 is 11.6 Å². The maximum Gasteiger partial charge on any atom is 0.212 e. The number of rotatable bonds is 8. The van der Waals surface area contributed by atoms with E-state index in [1.807, 2.05) is 30.3 Å². The summed E-state index contributed by atoms with van der Waals surface area (Å²) in [6.07, 6.45) is 1.28. The lowest BCUT2D eigenvalue weighted by Crippen LogP contribution is -2.38. The molecule has 1 aromatic carbocycles. The van der Waals surface area contributed by atoms with Crippen LogP contribution in [0.15, 0.2) is 30.3 Å². The van der Waals surface area contributed by atoms with Crippen molar-refractivity contribution in [1.82, 2.24) is 4.72 Å². The van der Waals surface area contributed by atoms with Crippen LogP contribution in [0.1, 0.15) is 25.8 Å². The minimum atomic E-state index is -3.27. The maximum absolute atomic E-state index is 12.0. The molecule has 0 aliphatic rings. The average molecular weight is 304 g/mol. The van der Waals surface area contributed by atoms with Crippen LogP contribution in [0.5, 0.6) is 0 Å². The fourth-order valence-corrected chi connectivity index (χ4v) is 3.53. The summed E-state index contributed by atoms with van der Waals surface area (Å²) in [5.74, 6) is 0.825. The van der Waals surface area contributed by atoms with Crippen molar-refractivity contribution in [3.63, 3.8) is 0 Å². The molecule has 1 unspecified atom stereocenters. The van der Waals surface area contributed by atoms with Crippen molar-refractivity contribution in [2.45, 2.75) is 32.7 Å². The molecule has 0 bridgehead atoms. The smallest absolute Gasteiger partial charge is 0.212 e. The summed E-state index contributed by atoms with van der Waals surface area (Å²) in [4.78, 5) is 0. The van der Waals surface area contributed by atoms with Crippen molar-refractivity contribution < 1.29 is 8.42 Å². The third-order valence-electron chi connectivity index (χ3n) is 2.79. The molecule has 108 valence electrons. The van der Waals surface area contributed by atoms with Crippen molar-refractivity contribution in [2.24, 2.45) is 5.92 Å². The molecule has 0 amide bonds. The van der Waals surface area contributed by atoms with Gasteiger partial charge in [0.25, 0.3) is 0 Å². The second-order valence-electron chi connectivity index (χ2n) is 5.15. The molecule has 0 aromatic heterocycles. The van der Waals surface area contributed by atoms with Gasteiger partial charge in [-0.3, -0.25) is 0 Å². The van der Waals surface area contributed by atoms with Crippen molar-refractivity contribution in [3.05, 3.63) is 35.9 Å². The van der Waals surface area contributed by atoms with E-state index in [2.05, 4.69) is 18.6 Å². The number of hydrogen-bond acceptors (Lipinski definition) is 2. The van der Waals surface area contributed by atoms with Crippen LogP contribution in [0.25, 0.3) is 0 Å². The van der Waals surface area contributed by atoms with Crippen LogP contribution in [0, 0.1) is 5.92 Å². The molecular weight excluding hydrogens is 282 g/mol. The molecule has 0 spiro atoms. The number of aryl methyl sites for hydroxylation is 1. The lowest BCUT2D eigenvalue weighted by Gasteiger charge is -2.18. The zero-order valence-electron chi connectivity index (χ0n) is 11.5. The third kappa shape index (κ3) is 6.95. The third-order valence-corrected chi connectivity index (χ3v) is 4.60. The van der Waals surface area contributed by atoms with Crippen LogP contribution in [-0.4, -0.2) is 26.1 Å². The number of benzene rings is 1. The van der Waals surface area contributed by atoms with Crippen LogP contribution in [0.2, 0.25) is 0 Å². The highest BCUT2D eigenvalue weighted by molar-refractivity contribution is 7.89. The normalized spacial score (nSPS) is 13.7. The van der Waals surface area contributed by atoms with Gasteiger partial charge in [0.05, 0.1) is 5.75 Å². The molecule has 19 heavy (non-hydrogen) atoms. The van der Waals surface area contributed by atoms with Crippen LogP contribution in [-0.2, 0) is 16.4 Å². The first kappa shape index (κ1) is 16.5. The zero-order chi connectivity index (χ0) is 14.3. The van der Waals surface area contributed by atoms with E-state index in [1.165, 1.54) is 0 Å². The number of halogens is 1. The van der Waals surface area contributed by atoms with E-state index in [0.717, 1.165) is 12.0 Å². The lowest BCUT2D eigenvalue weighted by atomic mass is 10.1. The summed E-state index contributed by atoms with van der Waals surface area (Å²) in [6, 6.07) is 9.43. The van der Waals surface area contributed by atoms with E-state index in [9.17, 15) is 8.42 Å². The molecule has 0 fully saturated rings. The average Bonchev–Trinajstić information content (AvgIpc) is 2.36. The molecule has 1 rings (SSSR count). The molecule has 0 aliphatic heterocycles. The van der Waals surface area contributed by atoms with Gasteiger partial charge in [-0.2, -0.15) is 0 Å². The zero-order valence-corrected chi connectivity index (χ0v) is 13.0. The minimum Gasteiger partial charge on any atom is -0.212 e. The van der Waals surface area contributed by atoms with Crippen LogP contribution in [0.3, 0.4) is 0 Å². The second-order valence-corrected chi connectivity index (χ2v) is 7.34. The monoisotopic (exact) mass is 303 g/mol. The van der Waals surface area contributed by atoms with E-state index in [4.69, 9.17) is 11.6 Å². The standard InChI is InChI=1S/C14H22ClNO2S/c1-12(2)10-14(11-15)16-19(17,18)9-8-13-6-4-3-5-7-13/h3-7,12,14,16H,8-11H2,1-2H3. The van der Waals surface area contributed by atoms with E-state index in [0.29, 0.717) is 18.2 Å². The van der Waals surface area contributed by atoms with Gasteiger partial charge in [-0.05, 0) is 24.3 Å². The Kier molecular flexibility index (Phi) is 6.83. The van der Waals surface area contributed by atoms with Gasteiger partial charge in [0.15, 0.2) is 0 Å². The first-order valence-corrected chi connectivity index (χ1v) is 8.71. The Morgan fingerprint density at radius 3 is 2.37 bits per heavy atom. The van der Waals surface area contributed by atoms with E-state index >= 15 is 0 Å². The molecule has 0 saturated carbocycles. The Morgan fingerprint density at radius 2 is 1.84 bits per heavy atom. The van der Waals surface area contributed by atoms with Crippen molar-refractivity contribution in [1.29, 1.82) is 0 Å². The lowest BCUT2D eigenvalue weighted by molar-refractivity contribution is 0.485. The summed E-state index contributed by atoms with van der Waals surface area (Å²) in [6.45, 7) is 4.11. The van der Waals surface area contributed by atoms with Crippen LogP contribution < -0.4 is 4.72 Å². The first-order chi connectivity index (χ1) is 8.93. The van der Waals surface area contributed by atoms with Crippen molar-refractivity contribution in [2.75, 3.05) is 11.6 Å². The first-order valence-electron chi connectivity index (χ1n) is 6.53. The minimum absolute atomic E-state index is 0.0997. The van der Waals surface area contributed by atoms with Gasteiger partial charge in [-0.25, -0.2) is 13.1 Å². The van der Waals surface area contributed by atoms with Gasteiger partial charge < -0.3 is 0 Å². The van der Waals surface area contributed by atoms with Gasteiger partial charge in [0, 0.05) is 11.9 Å². The van der Waals surface area contributed by atoms with Crippen LogP contribution in [0.4, 0.5) is 0 Å². The highest BCUT2D eigenvalue weighted by atomic mass is 35.5. The molecule has 0 radical (unpaired) electrons. The summed E-state index contributed by atoms with van der Waals surface area (Å²) in [5, 5.41) is 0. The topological polar surface area (TPSA) is 46.2 Å². The Bertz CT molecular complexity index is 460. The number of alkyl halides is 1. The Labute approximate surface area is 121 Å². The predicted molar refractivity (Wildman–Crippen MR) is 81.0 cm³/mol. The number of hydrogen-bond donors (Lipinski definition) is 1. The van der Waals surface area contributed by atoms with E-state index < -0.39 is 10.0 Å². The Balaban J connectivity index is 2.51. The maximum atomic E-state index is 12.0. The van der Waals surface area contributed by atoms with Crippen molar-refractivity contribution >= 4 is 21.6 Å². The molecule has 1 aromatic rings. The highest BCUT2D eigenvalue weighted by Crippen LogP contribution is 2.08.